The highest BCUT2D eigenvalue weighted by Crippen LogP contribution is 2.44. The van der Waals surface area contributed by atoms with Crippen molar-refractivity contribution in [1.82, 2.24) is 4.90 Å². The van der Waals surface area contributed by atoms with Crippen LogP contribution in [-0.2, 0) is 19.4 Å². The van der Waals surface area contributed by atoms with Gasteiger partial charge in [0.25, 0.3) is 0 Å². The van der Waals surface area contributed by atoms with Crippen molar-refractivity contribution < 1.29 is 17.6 Å². The number of hydrogen-bond donors (Lipinski definition) is 0. The number of nitrogens with zero attached hydrogens (tertiary/aromatic N) is 1. The number of alkyl halides is 4. The monoisotopic (exact) mass is 447 g/mol. The van der Waals surface area contributed by atoms with E-state index in [1.165, 1.54) is 11.6 Å². The zero-order valence-electron chi connectivity index (χ0n) is 19.5. The lowest BCUT2D eigenvalue weighted by Gasteiger charge is -2.32. The fourth-order valence-electron chi connectivity index (χ4n) is 3.84. The molecule has 1 nitrogen and oxygen atoms in total. The van der Waals surface area contributed by atoms with Crippen LogP contribution in [0.25, 0.3) is 11.1 Å². The molecular weight excluding hydrogens is 414 g/mol. The number of rotatable bonds is 7. The molecule has 0 bridgehead atoms. The van der Waals surface area contributed by atoms with Crippen LogP contribution in [0.2, 0.25) is 0 Å². The van der Waals surface area contributed by atoms with Crippen LogP contribution in [-0.4, -0.2) is 30.8 Å². The minimum atomic E-state index is -4.02. The molecule has 0 amide bonds. The van der Waals surface area contributed by atoms with Gasteiger partial charge in [0, 0.05) is 19.4 Å². The summed E-state index contributed by atoms with van der Waals surface area (Å²) in [5.41, 5.74) is 5.33. The molecule has 0 fully saturated rings. The summed E-state index contributed by atoms with van der Waals surface area (Å²) in [5, 5.41) is 0. The van der Waals surface area contributed by atoms with E-state index in [2.05, 4.69) is 24.1 Å². The van der Waals surface area contributed by atoms with Crippen molar-refractivity contribution in [2.24, 2.45) is 0 Å². The molecular formula is C27H33F4N. The van der Waals surface area contributed by atoms with Gasteiger partial charge < -0.3 is 4.90 Å². The molecule has 1 aliphatic carbocycles. The van der Waals surface area contributed by atoms with Crippen LogP contribution in [0.5, 0.6) is 0 Å². The van der Waals surface area contributed by atoms with Crippen molar-refractivity contribution in [3.05, 3.63) is 83.4 Å². The number of benzene rings is 2. The predicted molar refractivity (Wildman–Crippen MR) is 126 cm³/mol. The molecule has 0 atom stereocenters. The first-order valence-corrected chi connectivity index (χ1v) is 11.0. The molecule has 174 valence electrons. The lowest BCUT2D eigenvalue weighted by atomic mass is 9.84. The Labute approximate surface area is 189 Å². The molecule has 5 heteroatoms. The van der Waals surface area contributed by atoms with Crippen LogP contribution >= 0.6 is 0 Å². The van der Waals surface area contributed by atoms with Gasteiger partial charge in [0.1, 0.15) is 0 Å². The smallest absolute Gasteiger partial charge is 0.305 e. The third-order valence-electron chi connectivity index (χ3n) is 5.59. The summed E-state index contributed by atoms with van der Waals surface area (Å²) in [6.07, 6.45) is -0.586. The first kappa shape index (κ1) is 25.9. The normalized spacial score (nSPS) is 16.0. The molecule has 0 aromatic heterocycles. The molecule has 1 aliphatic rings. The summed E-state index contributed by atoms with van der Waals surface area (Å²) in [6, 6.07) is 12.9. The number of allylic oxidation sites excluding steroid dienone is 2. The van der Waals surface area contributed by atoms with Gasteiger partial charge in [-0.1, -0.05) is 69.5 Å². The average Bonchev–Trinajstić information content (AvgIpc) is 2.73. The van der Waals surface area contributed by atoms with Gasteiger partial charge in [0.2, 0.25) is 0 Å². The highest BCUT2D eigenvalue weighted by molar-refractivity contribution is 5.71. The average molecular weight is 448 g/mol. The van der Waals surface area contributed by atoms with Gasteiger partial charge in [-0.2, -0.15) is 17.6 Å². The first-order chi connectivity index (χ1) is 15.0. The van der Waals surface area contributed by atoms with Crippen molar-refractivity contribution >= 4 is 11.1 Å². The Bertz CT molecular complexity index is 960. The van der Waals surface area contributed by atoms with Gasteiger partial charge >= 0.3 is 11.8 Å². The maximum atomic E-state index is 13.8. The fraction of sp³-hybridized carbons (Fsp3) is 0.407. The van der Waals surface area contributed by atoms with Crippen LogP contribution < -0.4 is 0 Å². The Morgan fingerprint density at radius 2 is 1.41 bits per heavy atom. The SMILES string of the molecule is C=C(CCC(=C)c1ccccc1CN(C)C)c1ccc2c(c1)CC(F)(F)C(F)(F)C2.CC. The van der Waals surface area contributed by atoms with Crippen molar-refractivity contribution in [1.29, 1.82) is 0 Å². The summed E-state index contributed by atoms with van der Waals surface area (Å²) in [4.78, 5) is 2.09. The van der Waals surface area contributed by atoms with Gasteiger partial charge in [-0.25, -0.2) is 0 Å². The van der Waals surface area contributed by atoms with Gasteiger partial charge in [0.15, 0.2) is 0 Å². The molecule has 32 heavy (non-hydrogen) atoms. The number of fused-ring (bicyclic) bond motifs is 1. The van der Waals surface area contributed by atoms with Crippen molar-refractivity contribution in [2.45, 2.75) is 57.9 Å². The van der Waals surface area contributed by atoms with Crippen LogP contribution in [0, 0.1) is 0 Å². The maximum Gasteiger partial charge on any atom is 0.314 e. The van der Waals surface area contributed by atoms with Crippen molar-refractivity contribution in [3.8, 4) is 0 Å². The van der Waals surface area contributed by atoms with Crippen LogP contribution in [0.4, 0.5) is 17.6 Å². The molecule has 0 unspecified atom stereocenters. The van der Waals surface area contributed by atoms with Gasteiger partial charge in [-0.05, 0) is 65.9 Å². The van der Waals surface area contributed by atoms with Crippen molar-refractivity contribution in [3.63, 3.8) is 0 Å². The zero-order chi connectivity index (χ0) is 24.1. The minimum Gasteiger partial charge on any atom is -0.305 e. The molecule has 0 N–H and O–H groups in total. The molecule has 0 radical (unpaired) electrons. The van der Waals surface area contributed by atoms with Crippen LogP contribution in [0.1, 0.15) is 54.5 Å². The summed E-state index contributed by atoms with van der Waals surface area (Å²) in [7, 11) is 4.02. The maximum absolute atomic E-state index is 13.8. The van der Waals surface area contributed by atoms with E-state index >= 15 is 0 Å². The second-order valence-corrected chi connectivity index (χ2v) is 8.35. The molecule has 2 aromatic rings. The fourth-order valence-corrected chi connectivity index (χ4v) is 3.84. The summed E-state index contributed by atoms with van der Waals surface area (Å²) >= 11 is 0. The molecule has 0 saturated carbocycles. The Morgan fingerprint density at radius 3 is 2.03 bits per heavy atom. The van der Waals surface area contributed by atoms with E-state index in [1.807, 2.05) is 46.1 Å². The Hall–Kier alpha value is -2.40. The standard InChI is InChI=1S/C25H27F4N.C2H6/c1-17(9-10-18(2)23-8-6-5-7-21(23)16-30(3)4)19-11-12-20-14-24(26,27)25(28,29)15-22(20)13-19;1-2/h5-8,11-13H,1-2,9-10,14-16H2,3-4H3;1-2H3. The molecule has 0 aliphatic heterocycles. The Kier molecular flexibility index (Phi) is 8.47. The Balaban J connectivity index is 0.00000176. The third-order valence-corrected chi connectivity index (χ3v) is 5.59. The van der Waals surface area contributed by atoms with Gasteiger partial charge in [-0.3, -0.25) is 0 Å². The second kappa shape index (κ2) is 10.5. The van der Waals surface area contributed by atoms with Gasteiger partial charge in [0.05, 0.1) is 0 Å². The quantitative estimate of drug-likeness (QED) is 0.394. The van der Waals surface area contributed by atoms with E-state index in [4.69, 9.17) is 0 Å². The summed E-state index contributed by atoms with van der Waals surface area (Å²) in [6.45, 7) is 13.1. The summed E-state index contributed by atoms with van der Waals surface area (Å²) < 4.78 is 54.8. The van der Waals surface area contributed by atoms with E-state index in [0.717, 1.165) is 23.3 Å². The topological polar surface area (TPSA) is 3.24 Å². The molecule has 0 heterocycles. The molecule has 2 aromatic carbocycles. The Morgan fingerprint density at radius 1 is 0.844 bits per heavy atom. The number of halogens is 4. The minimum absolute atomic E-state index is 0.278. The van der Waals surface area contributed by atoms with E-state index in [9.17, 15) is 17.6 Å². The zero-order valence-corrected chi connectivity index (χ0v) is 19.5. The van der Waals surface area contributed by atoms with E-state index < -0.39 is 24.7 Å². The molecule has 3 rings (SSSR count). The van der Waals surface area contributed by atoms with Gasteiger partial charge in [-0.15, -0.1) is 0 Å². The third kappa shape index (κ3) is 5.89. The van der Waals surface area contributed by atoms with E-state index in [0.29, 0.717) is 18.4 Å². The van der Waals surface area contributed by atoms with Crippen LogP contribution in [0.15, 0.2) is 55.6 Å². The predicted octanol–water partition coefficient (Wildman–Crippen LogP) is 7.65. The summed E-state index contributed by atoms with van der Waals surface area (Å²) in [5.74, 6) is -8.03. The van der Waals surface area contributed by atoms with E-state index in [1.54, 1.807) is 12.1 Å². The highest BCUT2D eigenvalue weighted by Gasteiger charge is 2.58. The first-order valence-electron chi connectivity index (χ1n) is 11.0. The lowest BCUT2D eigenvalue weighted by Crippen LogP contribution is -2.47. The van der Waals surface area contributed by atoms with E-state index in [-0.39, 0.29) is 11.1 Å². The molecule has 0 saturated heterocycles. The van der Waals surface area contributed by atoms with Crippen LogP contribution in [0.3, 0.4) is 0 Å². The lowest BCUT2D eigenvalue weighted by molar-refractivity contribution is -0.211. The second-order valence-electron chi connectivity index (χ2n) is 8.35. The van der Waals surface area contributed by atoms with Crippen molar-refractivity contribution in [2.75, 3.05) is 14.1 Å². The highest BCUT2D eigenvalue weighted by atomic mass is 19.3. The number of hydrogen-bond acceptors (Lipinski definition) is 1. The largest absolute Gasteiger partial charge is 0.314 e. The molecule has 0 spiro atoms.